The van der Waals surface area contributed by atoms with Gasteiger partial charge in [-0.25, -0.2) is 9.80 Å². The van der Waals surface area contributed by atoms with Crippen LogP contribution < -0.4 is 10.7 Å². The summed E-state index contributed by atoms with van der Waals surface area (Å²) >= 11 is 0. The maximum Gasteiger partial charge on any atom is 0.336 e. The Morgan fingerprint density at radius 1 is 1.44 bits per heavy atom. The Hall–Kier alpha value is -2.04. The number of benzene rings is 1. The van der Waals surface area contributed by atoms with Gasteiger partial charge in [0.05, 0.1) is 6.54 Å². The third-order valence-corrected chi connectivity index (χ3v) is 2.34. The van der Waals surface area contributed by atoms with Gasteiger partial charge in [0.15, 0.2) is 0 Å². The highest BCUT2D eigenvalue weighted by Gasteiger charge is 2.26. The maximum absolute atomic E-state index is 11.7. The summed E-state index contributed by atoms with van der Waals surface area (Å²) in [4.78, 5) is 23.1. The van der Waals surface area contributed by atoms with Crippen molar-refractivity contribution in [3.8, 4) is 0 Å². The van der Waals surface area contributed by atoms with Gasteiger partial charge in [0.1, 0.15) is 0 Å². The van der Waals surface area contributed by atoms with Gasteiger partial charge >= 0.3 is 6.03 Å². The molecule has 1 aromatic carbocycles. The molecule has 1 heterocycles. The Morgan fingerprint density at radius 3 is 2.69 bits per heavy atom. The Labute approximate surface area is 93.4 Å². The van der Waals surface area contributed by atoms with E-state index in [0.717, 1.165) is 0 Å². The molecule has 0 saturated carbocycles. The summed E-state index contributed by atoms with van der Waals surface area (Å²) in [6.07, 6.45) is 0. The average molecular weight is 219 g/mol. The normalized spacial score (nSPS) is 19.4. The van der Waals surface area contributed by atoms with Crippen molar-refractivity contribution >= 4 is 11.9 Å². The molecule has 84 valence electrons. The molecule has 0 radical (unpaired) electrons. The van der Waals surface area contributed by atoms with E-state index in [9.17, 15) is 9.59 Å². The van der Waals surface area contributed by atoms with Crippen LogP contribution in [0, 0.1) is 0 Å². The minimum Gasteiger partial charge on any atom is -0.332 e. The molecule has 2 rings (SSSR count). The summed E-state index contributed by atoms with van der Waals surface area (Å²) in [5.74, 6) is -0.273. The molecule has 1 aliphatic rings. The van der Waals surface area contributed by atoms with E-state index < -0.39 is 0 Å². The summed E-state index contributed by atoms with van der Waals surface area (Å²) in [7, 11) is 0. The monoisotopic (exact) mass is 219 g/mol. The lowest BCUT2D eigenvalue weighted by molar-refractivity contribution is 0.0850. The maximum atomic E-state index is 11.7. The van der Waals surface area contributed by atoms with Crippen LogP contribution in [0.2, 0.25) is 0 Å². The smallest absolute Gasteiger partial charge is 0.332 e. The number of nitrogens with zero attached hydrogens (tertiary/aromatic N) is 1. The van der Waals surface area contributed by atoms with Crippen LogP contribution in [0.3, 0.4) is 0 Å². The molecular formula is C11H13N3O2. The number of hydrogen-bond donors (Lipinski definition) is 2. The van der Waals surface area contributed by atoms with Crippen LogP contribution in [0.1, 0.15) is 17.3 Å². The second-order valence-corrected chi connectivity index (χ2v) is 3.77. The third-order valence-electron chi connectivity index (χ3n) is 2.34. The fraction of sp³-hybridized carbons (Fsp3) is 0.273. The topological polar surface area (TPSA) is 61.4 Å². The number of hydrogen-bond acceptors (Lipinski definition) is 2. The van der Waals surface area contributed by atoms with Crippen LogP contribution in [0.4, 0.5) is 4.79 Å². The van der Waals surface area contributed by atoms with Crippen molar-refractivity contribution in [3.63, 3.8) is 0 Å². The Kier molecular flexibility index (Phi) is 2.76. The van der Waals surface area contributed by atoms with E-state index in [-0.39, 0.29) is 18.0 Å². The van der Waals surface area contributed by atoms with Gasteiger partial charge in [-0.15, -0.1) is 0 Å². The number of hydrazine groups is 1. The number of urea groups is 1. The zero-order valence-corrected chi connectivity index (χ0v) is 8.93. The third kappa shape index (κ3) is 2.13. The van der Waals surface area contributed by atoms with E-state index in [2.05, 4.69) is 10.7 Å². The van der Waals surface area contributed by atoms with Gasteiger partial charge < -0.3 is 5.32 Å². The van der Waals surface area contributed by atoms with Gasteiger partial charge in [-0.1, -0.05) is 18.2 Å². The molecule has 2 N–H and O–H groups in total. The number of rotatable bonds is 2. The van der Waals surface area contributed by atoms with Crippen molar-refractivity contribution in [2.75, 3.05) is 6.54 Å². The second kappa shape index (κ2) is 4.22. The largest absolute Gasteiger partial charge is 0.336 e. The van der Waals surface area contributed by atoms with E-state index in [1.54, 1.807) is 24.3 Å². The molecular weight excluding hydrogens is 206 g/mol. The molecule has 0 bridgehead atoms. The average Bonchev–Trinajstić information content (AvgIpc) is 2.59. The summed E-state index contributed by atoms with van der Waals surface area (Å²) < 4.78 is 0. The first-order valence-electron chi connectivity index (χ1n) is 5.11. The predicted octanol–water partition coefficient (Wildman–Crippen LogP) is 0.745. The van der Waals surface area contributed by atoms with Gasteiger partial charge in [0.2, 0.25) is 0 Å². The van der Waals surface area contributed by atoms with Gasteiger partial charge in [-0.2, -0.15) is 0 Å². The lowest BCUT2D eigenvalue weighted by atomic mass is 10.2. The molecule has 3 amide bonds. The van der Waals surface area contributed by atoms with Gasteiger partial charge in [-0.05, 0) is 19.1 Å². The summed E-state index contributed by atoms with van der Waals surface area (Å²) in [6, 6.07) is 8.59. The number of nitrogens with one attached hydrogen (secondary N) is 2. The molecule has 1 atom stereocenters. The Bertz CT molecular complexity index is 405. The molecule has 16 heavy (non-hydrogen) atoms. The lowest BCUT2D eigenvalue weighted by Gasteiger charge is -2.15. The van der Waals surface area contributed by atoms with E-state index in [1.165, 1.54) is 5.01 Å². The minimum atomic E-state index is -0.273. The molecule has 1 unspecified atom stereocenters. The zero-order chi connectivity index (χ0) is 11.5. The highest BCUT2D eigenvalue weighted by atomic mass is 16.2. The van der Waals surface area contributed by atoms with Gasteiger partial charge in [0.25, 0.3) is 5.91 Å². The van der Waals surface area contributed by atoms with Crippen LogP contribution in [0.25, 0.3) is 0 Å². The molecule has 1 aromatic rings. The molecule has 1 saturated heterocycles. The number of amides is 3. The van der Waals surface area contributed by atoms with Crippen molar-refractivity contribution in [3.05, 3.63) is 35.9 Å². The highest BCUT2D eigenvalue weighted by molar-refractivity contribution is 5.95. The van der Waals surface area contributed by atoms with Crippen LogP contribution in [0.15, 0.2) is 30.3 Å². The first kappa shape index (κ1) is 10.5. The fourth-order valence-electron chi connectivity index (χ4n) is 1.56. The first-order valence-corrected chi connectivity index (χ1v) is 5.11. The second-order valence-electron chi connectivity index (χ2n) is 3.77. The number of carbonyl (C=O) groups is 2. The standard InChI is InChI=1S/C11H13N3O2/c1-8-7-14(11(16)12-8)13-10(15)9-5-3-2-4-6-9/h2-6,8H,7H2,1H3,(H,12,16)(H,13,15). The Balaban J connectivity index is 2.01. The van der Waals surface area contributed by atoms with Gasteiger partial charge in [0, 0.05) is 11.6 Å². The fourth-order valence-corrected chi connectivity index (χ4v) is 1.56. The molecule has 0 aliphatic carbocycles. The summed E-state index contributed by atoms with van der Waals surface area (Å²) in [6.45, 7) is 2.37. The molecule has 5 heteroatoms. The van der Waals surface area contributed by atoms with Crippen molar-refractivity contribution in [1.82, 2.24) is 15.8 Å². The molecule has 5 nitrogen and oxygen atoms in total. The lowest BCUT2D eigenvalue weighted by Crippen LogP contribution is -2.44. The van der Waals surface area contributed by atoms with Crippen LogP contribution >= 0.6 is 0 Å². The van der Waals surface area contributed by atoms with Crippen molar-refractivity contribution in [2.24, 2.45) is 0 Å². The molecule has 0 spiro atoms. The SMILES string of the molecule is CC1CN(NC(=O)c2ccccc2)C(=O)N1. The van der Waals surface area contributed by atoms with Crippen LogP contribution in [-0.4, -0.2) is 29.5 Å². The molecule has 1 fully saturated rings. The van der Waals surface area contributed by atoms with Crippen molar-refractivity contribution < 1.29 is 9.59 Å². The number of carbonyl (C=O) groups excluding carboxylic acids is 2. The quantitative estimate of drug-likeness (QED) is 0.770. The molecule has 0 aromatic heterocycles. The van der Waals surface area contributed by atoms with E-state index in [0.29, 0.717) is 12.1 Å². The first-order chi connectivity index (χ1) is 7.66. The van der Waals surface area contributed by atoms with Crippen molar-refractivity contribution in [1.29, 1.82) is 0 Å². The van der Waals surface area contributed by atoms with Gasteiger partial charge in [-0.3, -0.25) is 10.2 Å². The zero-order valence-electron chi connectivity index (χ0n) is 8.93. The van der Waals surface area contributed by atoms with E-state index in [1.807, 2.05) is 13.0 Å². The Morgan fingerprint density at radius 2 is 2.12 bits per heavy atom. The summed E-state index contributed by atoms with van der Waals surface area (Å²) in [5, 5.41) is 3.99. The van der Waals surface area contributed by atoms with E-state index >= 15 is 0 Å². The highest BCUT2D eigenvalue weighted by Crippen LogP contribution is 2.03. The van der Waals surface area contributed by atoms with Crippen molar-refractivity contribution in [2.45, 2.75) is 13.0 Å². The minimum absolute atomic E-state index is 0.0589. The van der Waals surface area contributed by atoms with Crippen LogP contribution in [-0.2, 0) is 0 Å². The molecule has 1 aliphatic heterocycles. The predicted molar refractivity (Wildman–Crippen MR) is 58.6 cm³/mol. The summed E-state index contributed by atoms with van der Waals surface area (Å²) in [5.41, 5.74) is 3.09. The van der Waals surface area contributed by atoms with Crippen LogP contribution in [0.5, 0.6) is 0 Å². The van der Waals surface area contributed by atoms with E-state index in [4.69, 9.17) is 0 Å².